The highest BCUT2D eigenvalue weighted by atomic mass is 16.5. The van der Waals surface area contributed by atoms with Crippen LogP contribution in [0, 0.1) is 13.8 Å². The smallest absolute Gasteiger partial charge is 0.248 e. The van der Waals surface area contributed by atoms with Gasteiger partial charge in [0.2, 0.25) is 5.91 Å². The molecule has 1 N–H and O–H groups in total. The molecule has 0 heterocycles. The molecule has 0 radical (unpaired) electrons. The third-order valence-corrected chi connectivity index (χ3v) is 4.01. The molecular formula is C20H23NO4. The minimum atomic E-state index is -0.217. The lowest BCUT2D eigenvalue weighted by Gasteiger charge is -2.12. The second kappa shape index (κ2) is 8.24. The maximum Gasteiger partial charge on any atom is 0.248 e. The Bertz CT molecular complexity index is 797. The molecule has 2 aromatic carbocycles. The van der Waals surface area contributed by atoms with Crippen LogP contribution in [0.1, 0.15) is 16.7 Å². The van der Waals surface area contributed by atoms with Gasteiger partial charge in [0.1, 0.15) is 5.75 Å². The third-order valence-electron chi connectivity index (χ3n) is 4.01. The van der Waals surface area contributed by atoms with Gasteiger partial charge in [-0.05, 0) is 43.2 Å². The topological polar surface area (TPSA) is 56.8 Å². The average Bonchev–Trinajstić information content (AvgIpc) is 2.62. The number of amides is 1. The van der Waals surface area contributed by atoms with E-state index in [0.717, 1.165) is 22.4 Å². The molecule has 0 atom stereocenters. The second-order valence-electron chi connectivity index (χ2n) is 5.52. The molecule has 0 spiro atoms. The van der Waals surface area contributed by atoms with Crippen LogP contribution >= 0.6 is 0 Å². The minimum absolute atomic E-state index is 0.217. The molecule has 0 unspecified atom stereocenters. The lowest BCUT2D eigenvalue weighted by atomic mass is 10.1. The molecule has 25 heavy (non-hydrogen) atoms. The quantitative estimate of drug-likeness (QED) is 0.808. The van der Waals surface area contributed by atoms with E-state index in [1.807, 2.05) is 32.0 Å². The Morgan fingerprint density at radius 1 is 0.960 bits per heavy atom. The summed E-state index contributed by atoms with van der Waals surface area (Å²) in [7, 11) is 4.68. The first-order valence-corrected chi connectivity index (χ1v) is 7.85. The van der Waals surface area contributed by atoms with Gasteiger partial charge in [-0.25, -0.2) is 0 Å². The number of hydrogen-bond acceptors (Lipinski definition) is 4. The number of aryl methyl sites for hydroxylation is 1. The Morgan fingerprint density at radius 2 is 1.60 bits per heavy atom. The van der Waals surface area contributed by atoms with Crippen molar-refractivity contribution in [2.75, 3.05) is 26.6 Å². The summed E-state index contributed by atoms with van der Waals surface area (Å²) in [5.41, 5.74) is 3.70. The summed E-state index contributed by atoms with van der Waals surface area (Å²) in [5, 5.41) is 2.89. The van der Waals surface area contributed by atoms with E-state index in [0.29, 0.717) is 17.2 Å². The van der Waals surface area contributed by atoms with E-state index < -0.39 is 0 Å². The van der Waals surface area contributed by atoms with E-state index >= 15 is 0 Å². The Hall–Kier alpha value is -2.95. The van der Waals surface area contributed by atoms with Gasteiger partial charge in [-0.2, -0.15) is 0 Å². The molecule has 5 nitrogen and oxygen atoms in total. The molecule has 0 fully saturated rings. The van der Waals surface area contributed by atoms with Gasteiger partial charge >= 0.3 is 0 Å². The standard InChI is InChI=1S/C20H23NO4/c1-13-7-6-8-16(14(13)2)21-20(22)10-9-15-11-18(24-4)19(25-5)12-17(15)23-3/h6-12H,1-5H3,(H,21,22)/b10-9+. The fourth-order valence-electron chi connectivity index (χ4n) is 2.41. The van der Waals surface area contributed by atoms with E-state index in [2.05, 4.69) is 5.32 Å². The Morgan fingerprint density at radius 3 is 2.24 bits per heavy atom. The molecule has 0 aliphatic carbocycles. The highest BCUT2D eigenvalue weighted by Crippen LogP contribution is 2.35. The molecule has 0 aromatic heterocycles. The molecule has 132 valence electrons. The number of rotatable bonds is 6. The van der Waals surface area contributed by atoms with Gasteiger partial charge in [-0.15, -0.1) is 0 Å². The van der Waals surface area contributed by atoms with E-state index in [1.165, 1.54) is 6.08 Å². The number of methoxy groups -OCH3 is 3. The number of anilines is 1. The van der Waals surface area contributed by atoms with Crippen molar-refractivity contribution < 1.29 is 19.0 Å². The molecule has 0 saturated heterocycles. The maximum atomic E-state index is 12.2. The summed E-state index contributed by atoms with van der Waals surface area (Å²) >= 11 is 0. The number of carbonyl (C=O) groups excluding carboxylic acids is 1. The van der Waals surface area contributed by atoms with Crippen molar-refractivity contribution >= 4 is 17.7 Å². The van der Waals surface area contributed by atoms with Gasteiger partial charge < -0.3 is 19.5 Å². The van der Waals surface area contributed by atoms with Crippen LogP contribution in [0.3, 0.4) is 0 Å². The van der Waals surface area contributed by atoms with Gasteiger partial charge in [-0.1, -0.05) is 12.1 Å². The average molecular weight is 341 g/mol. The number of ether oxygens (including phenoxy) is 3. The zero-order valence-electron chi connectivity index (χ0n) is 15.2. The summed E-state index contributed by atoms with van der Waals surface area (Å²) in [5.74, 6) is 1.51. The fourth-order valence-corrected chi connectivity index (χ4v) is 2.41. The highest BCUT2D eigenvalue weighted by molar-refractivity contribution is 6.02. The van der Waals surface area contributed by atoms with Gasteiger partial charge in [-0.3, -0.25) is 4.79 Å². The molecule has 5 heteroatoms. The molecule has 2 aromatic rings. The molecule has 0 saturated carbocycles. The molecule has 1 amide bonds. The number of carbonyl (C=O) groups is 1. The van der Waals surface area contributed by atoms with Crippen molar-refractivity contribution in [2.24, 2.45) is 0 Å². The zero-order valence-corrected chi connectivity index (χ0v) is 15.2. The number of nitrogens with one attached hydrogen (secondary N) is 1. The van der Waals surface area contributed by atoms with Crippen LogP contribution in [0.25, 0.3) is 6.08 Å². The van der Waals surface area contributed by atoms with Crippen molar-refractivity contribution in [3.8, 4) is 17.2 Å². The largest absolute Gasteiger partial charge is 0.496 e. The first-order valence-electron chi connectivity index (χ1n) is 7.85. The van der Waals surface area contributed by atoms with Crippen molar-refractivity contribution in [1.29, 1.82) is 0 Å². The normalized spacial score (nSPS) is 10.6. The number of hydrogen-bond donors (Lipinski definition) is 1. The molecular weight excluding hydrogens is 318 g/mol. The lowest BCUT2D eigenvalue weighted by molar-refractivity contribution is -0.111. The summed E-state index contributed by atoms with van der Waals surface area (Å²) in [6.45, 7) is 3.99. The van der Waals surface area contributed by atoms with Crippen LogP contribution in [-0.2, 0) is 4.79 Å². The Labute approximate surface area is 148 Å². The predicted octanol–water partition coefficient (Wildman–Crippen LogP) is 3.98. The van der Waals surface area contributed by atoms with Crippen molar-refractivity contribution in [2.45, 2.75) is 13.8 Å². The van der Waals surface area contributed by atoms with E-state index in [1.54, 1.807) is 39.5 Å². The van der Waals surface area contributed by atoms with Crippen LogP contribution in [0.2, 0.25) is 0 Å². The van der Waals surface area contributed by atoms with Crippen molar-refractivity contribution in [3.63, 3.8) is 0 Å². The molecule has 2 rings (SSSR count). The van der Waals surface area contributed by atoms with E-state index in [-0.39, 0.29) is 5.91 Å². The first-order chi connectivity index (χ1) is 12.0. The molecule has 0 bridgehead atoms. The SMILES string of the molecule is COc1cc(OC)c(OC)cc1/C=C/C(=O)Nc1cccc(C)c1C. The maximum absolute atomic E-state index is 12.2. The predicted molar refractivity (Wildman–Crippen MR) is 99.7 cm³/mol. The first kappa shape index (κ1) is 18.4. The molecule has 0 aliphatic heterocycles. The fraction of sp³-hybridized carbons (Fsp3) is 0.250. The Balaban J connectivity index is 2.23. The monoisotopic (exact) mass is 341 g/mol. The summed E-state index contributed by atoms with van der Waals surface area (Å²) < 4.78 is 15.9. The zero-order chi connectivity index (χ0) is 18.4. The van der Waals surface area contributed by atoms with Crippen LogP contribution in [0.15, 0.2) is 36.4 Å². The van der Waals surface area contributed by atoms with Crippen LogP contribution in [-0.4, -0.2) is 27.2 Å². The van der Waals surface area contributed by atoms with Gasteiger partial charge in [0.15, 0.2) is 11.5 Å². The van der Waals surface area contributed by atoms with E-state index in [9.17, 15) is 4.79 Å². The summed E-state index contributed by atoms with van der Waals surface area (Å²) in [4.78, 5) is 12.2. The van der Waals surface area contributed by atoms with Crippen LogP contribution in [0.5, 0.6) is 17.2 Å². The highest BCUT2D eigenvalue weighted by Gasteiger charge is 2.10. The van der Waals surface area contributed by atoms with Crippen molar-refractivity contribution in [3.05, 3.63) is 53.1 Å². The molecule has 0 aliphatic rings. The second-order valence-corrected chi connectivity index (χ2v) is 5.52. The summed E-state index contributed by atoms with van der Waals surface area (Å²) in [6, 6.07) is 9.29. The summed E-state index contributed by atoms with van der Waals surface area (Å²) in [6.07, 6.45) is 3.15. The Kier molecular flexibility index (Phi) is 6.06. The minimum Gasteiger partial charge on any atom is -0.496 e. The van der Waals surface area contributed by atoms with Gasteiger partial charge in [0, 0.05) is 23.4 Å². The van der Waals surface area contributed by atoms with Crippen LogP contribution in [0.4, 0.5) is 5.69 Å². The third kappa shape index (κ3) is 4.32. The van der Waals surface area contributed by atoms with Crippen molar-refractivity contribution in [1.82, 2.24) is 0 Å². The van der Waals surface area contributed by atoms with Gasteiger partial charge in [0.05, 0.1) is 21.3 Å². The van der Waals surface area contributed by atoms with E-state index in [4.69, 9.17) is 14.2 Å². The van der Waals surface area contributed by atoms with Gasteiger partial charge in [0.25, 0.3) is 0 Å². The number of benzene rings is 2. The van der Waals surface area contributed by atoms with Crippen LogP contribution < -0.4 is 19.5 Å². The lowest BCUT2D eigenvalue weighted by Crippen LogP contribution is -2.09.